The van der Waals surface area contributed by atoms with Crippen molar-refractivity contribution in [3.63, 3.8) is 0 Å². The summed E-state index contributed by atoms with van der Waals surface area (Å²) in [5.41, 5.74) is 0.429. The van der Waals surface area contributed by atoms with Crippen LogP contribution in [0.1, 0.15) is 25.3 Å². The number of benzene rings is 1. The number of nitrogens with one attached hydrogen (secondary N) is 1. The third kappa shape index (κ3) is 7.23. The fourth-order valence-electron chi connectivity index (χ4n) is 1.84. The van der Waals surface area contributed by atoms with E-state index in [1.165, 1.54) is 5.56 Å². The summed E-state index contributed by atoms with van der Waals surface area (Å²) >= 11 is 1.57. The van der Waals surface area contributed by atoms with Crippen LogP contribution in [0.3, 0.4) is 0 Å². The molecule has 0 heterocycles. The van der Waals surface area contributed by atoms with Gasteiger partial charge in [-0.1, -0.05) is 30.3 Å². The summed E-state index contributed by atoms with van der Waals surface area (Å²) in [6.45, 7) is 2.06. The fourth-order valence-corrected chi connectivity index (χ4v) is 2.56. The molecule has 0 radical (unpaired) electrons. The van der Waals surface area contributed by atoms with E-state index < -0.39 is 5.60 Å². The Bertz CT molecular complexity index is 379. The minimum Gasteiger partial charge on any atom is -0.387 e. The van der Waals surface area contributed by atoms with Crippen LogP contribution >= 0.6 is 11.8 Å². The zero-order valence-corrected chi connectivity index (χ0v) is 12.5. The predicted octanol–water partition coefficient (Wildman–Crippen LogP) is 2.24. The number of hydrogen-bond donors (Lipinski definition) is 2. The van der Waals surface area contributed by atoms with Gasteiger partial charge >= 0.3 is 0 Å². The highest BCUT2D eigenvalue weighted by Gasteiger charge is 2.20. The molecular formula is C15H23NO2S. The van der Waals surface area contributed by atoms with Gasteiger partial charge < -0.3 is 10.4 Å². The van der Waals surface area contributed by atoms with Crippen LogP contribution in [0.4, 0.5) is 0 Å². The molecule has 0 aliphatic carbocycles. The number of thioether (sulfide) groups is 1. The summed E-state index contributed by atoms with van der Waals surface area (Å²) in [7, 11) is 0. The minimum absolute atomic E-state index is 0.0114. The molecule has 0 aromatic heterocycles. The average molecular weight is 281 g/mol. The van der Waals surface area contributed by atoms with Gasteiger partial charge in [0, 0.05) is 18.7 Å². The Balaban J connectivity index is 2.18. The number of rotatable bonds is 8. The normalized spacial score (nSPS) is 13.8. The summed E-state index contributed by atoms with van der Waals surface area (Å²) in [6, 6.07) is 10.1. The minimum atomic E-state index is -0.825. The fraction of sp³-hybridized carbons (Fsp3) is 0.533. The summed E-state index contributed by atoms with van der Waals surface area (Å²) in [5.74, 6) is 0.634. The van der Waals surface area contributed by atoms with E-state index >= 15 is 0 Å². The molecule has 0 spiro atoms. The maximum atomic E-state index is 11.7. The van der Waals surface area contributed by atoms with Crippen LogP contribution < -0.4 is 5.32 Å². The van der Waals surface area contributed by atoms with Gasteiger partial charge in [-0.25, -0.2) is 0 Å². The Kier molecular flexibility index (Phi) is 6.95. The highest BCUT2D eigenvalue weighted by Crippen LogP contribution is 2.09. The van der Waals surface area contributed by atoms with E-state index in [9.17, 15) is 9.90 Å². The molecule has 0 saturated carbocycles. The van der Waals surface area contributed by atoms with Gasteiger partial charge in [-0.3, -0.25) is 4.79 Å². The van der Waals surface area contributed by atoms with Crippen molar-refractivity contribution in [3.05, 3.63) is 35.9 Å². The van der Waals surface area contributed by atoms with Gasteiger partial charge in [0.25, 0.3) is 0 Å². The Hall–Kier alpha value is -1.00. The first-order chi connectivity index (χ1) is 9.03. The molecule has 1 amide bonds. The molecule has 0 unspecified atom stereocenters. The topological polar surface area (TPSA) is 49.3 Å². The van der Waals surface area contributed by atoms with E-state index in [-0.39, 0.29) is 5.91 Å². The first kappa shape index (κ1) is 16.1. The van der Waals surface area contributed by atoms with Crippen LogP contribution in [0.5, 0.6) is 0 Å². The SMILES string of the molecule is CSC[C@](C)(O)CNC(=O)CCCc1ccccc1. The number of aryl methyl sites for hydroxylation is 1. The van der Waals surface area contributed by atoms with Crippen molar-refractivity contribution in [1.29, 1.82) is 0 Å². The van der Waals surface area contributed by atoms with Crippen molar-refractivity contribution in [1.82, 2.24) is 5.32 Å². The van der Waals surface area contributed by atoms with Gasteiger partial charge in [0.15, 0.2) is 0 Å². The van der Waals surface area contributed by atoms with Crippen LogP contribution in [0.15, 0.2) is 30.3 Å². The molecular weight excluding hydrogens is 258 g/mol. The molecule has 2 N–H and O–H groups in total. The molecule has 1 atom stereocenters. The number of carbonyl (C=O) groups is 1. The van der Waals surface area contributed by atoms with Crippen molar-refractivity contribution < 1.29 is 9.90 Å². The van der Waals surface area contributed by atoms with Gasteiger partial charge in [0.1, 0.15) is 0 Å². The second-order valence-corrected chi connectivity index (χ2v) is 5.91. The Labute approximate surface area is 119 Å². The smallest absolute Gasteiger partial charge is 0.220 e. The lowest BCUT2D eigenvalue weighted by atomic mass is 10.1. The number of hydrogen-bond acceptors (Lipinski definition) is 3. The van der Waals surface area contributed by atoms with Crippen molar-refractivity contribution >= 4 is 17.7 Å². The lowest BCUT2D eigenvalue weighted by molar-refractivity contribution is -0.122. The van der Waals surface area contributed by atoms with Gasteiger partial charge in [-0.05, 0) is 31.6 Å². The summed E-state index contributed by atoms with van der Waals surface area (Å²) in [5, 5.41) is 12.7. The van der Waals surface area contributed by atoms with Crippen LogP contribution in [0.2, 0.25) is 0 Å². The lowest BCUT2D eigenvalue weighted by Crippen LogP contribution is -2.42. The first-order valence-electron chi connectivity index (χ1n) is 6.55. The van der Waals surface area contributed by atoms with Crippen molar-refractivity contribution in [2.75, 3.05) is 18.6 Å². The number of amides is 1. The van der Waals surface area contributed by atoms with Gasteiger partial charge in [0.2, 0.25) is 5.91 Å². The van der Waals surface area contributed by atoms with Crippen LogP contribution in [0, 0.1) is 0 Å². The van der Waals surface area contributed by atoms with E-state index in [4.69, 9.17) is 0 Å². The van der Waals surface area contributed by atoms with Crippen molar-refractivity contribution in [2.24, 2.45) is 0 Å². The molecule has 0 fully saturated rings. The maximum Gasteiger partial charge on any atom is 0.220 e. The molecule has 1 aromatic rings. The predicted molar refractivity (Wildman–Crippen MR) is 81.4 cm³/mol. The third-order valence-corrected chi connectivity index (χ3v) is 3.74. The molecule has 0 aliphatic rings. The second-order valence-electron chi connectivity index (χ2n) is 5.05. The highest BCUT2D eigenvalue weighted by molar-refractivity contribution is 7.98. The quantitative estimate of drug-likeness (QED) is 0.768. The zero-order valence-electron chi connectivity index (χ0n) is 11.7. The molecule has 0 saturated heterocycles. The Morgan fingerprint density at radius 1 is 1.37 bits per heavy atom. The summed E-state index contributed by atoms with van der Waals surface area (Å²) in [6.07, 6.45) is 4.19. The maximum absolute atomic E-state index is 11.7. The third-order valence-electron chi connectivity index (χ3n) is 2.83. The Morgan fingerprint density at radius 2 is 2.05 bits per heavy atom. The lowest BCUT2D eigenvalue weighted by Gasteiger charge is -2.22. The summed E-state index contributed by atoms with van der Waals surface area (Å²) in [4.78, 5) is 11.7. The van der Waals surface area contributed by atoms with Gasteiger partial charge in [0.05, 0.1) is 5.60 Å². The molecule has 0 bridgehead atoms. The molecule has 1 rings (SSSR count). The molecule has 1 aromatic carbocycles. The van der Waals surface area contributed by atoms with Crippen molar-refractivity contribution in [2.45, 2.75) is 31.8 Å². The Morgan fingerprint density at radius 3 is 2.68 bits per heavy atom. The second kappa shape index (κ2) is 8.23. The van der Waals surface area contributed by atoms with Crippen molar-refractivity contribution in [3.8, 4) is 0 Å². The molecule has 4 heteroatoms. The molecule has 3 nitrogen and oxygen atoms in total. The first-order valence-corrected chi connectivity index (χ1v) is 7.95. The average Bonchev–Trinajstić information content (AvgIpc) is 2.38. The van der Waals surface area contributed by atoms with Gasteiger partial charge in [-0.2, -0.15) is 11.8 Å². The van der Waals surface area contributed by atoms with Crippen LogP contribution in [-0.2, 0) is 11.2 Å². The zero-order chi connectivity index (χ0) is 14.1. The molecule has 0 aliphatic heterocycles. The van der Waals surface area contributed by atoms with E-state index in [0.717, 1.165) is 12.8 Å². The van der Waals surface area contributed by atoms with E-state index in [2.05, 4.69) is 17.4 Å². The van der Waals surface area contributed by atoms with Crippen LogP contribution in [0.25, 0.3) is 0 Å². The monoisotopic (exact) mass is 281 g/mol. The summed E-state index contributed by atoms with van der Waals surface area (Å²) < 4.78 is 0. The molecule has 19 heavy (non-hydrogen) atoms. The van der Waals surface area contributed by atoms with Gasteiger partial charge in [-0.15, -0.1) is 0 Å². The number of carbonyl (C=O) groups excluding carboxylic acids is 1. The highest BCUT2D eigenvalue weighted by atomic mass is 32.2. The van der Waals surface area contributed by atoms with E-state index in [1.54, 1.807) is 18.7 Å². The van der Waals surface area contributed by atoms with E-state index in [0.29, 0.717) is 18.7 Å². The standard InChI is InChI=1S/C15H23NO2S/c1-15(18,12-19-2)11-16-14(17)10-6-9-13-7-4-3-5-8-13/h3-5,7-8,18H,6,9-12H2,1-2H3,(H,16,17)/t15-/m1/s1. The number of aliphatic hydroxyl groups is 1. The molecule has 106 valence electrons. The van der Waals surface area contributed by atoms with E-state index in [1.807, 2.05) is 24.5 Å². The largest absolute Gasteiger partial charge is 0.387 e. The van der Waals surface area contributed by atoms with Crippen LogP contribution in [-0.4, -0.2) is 35.2 Å².